The Bertz CT molecular complexity index is 719. The molecule has 0 aliphatic heterocycles. The third-order valence-corrected chi connectivity index (χ3v) is 5.32. The largest absolute Gasteiger partial charge is 0.242 e. The van der Waals surface area contributed by atoms with Crippen LogP contribution in [-0.2, 0) is 10.0 Å². The van der Waals surface area contributed by atoms with Gasteiger partial charge in [0.2, 0.25) is 10.0 Å². The van der Waals surface area contributed by atoms with Gasteiger partial charge in [0.05, 0.1) is 4.90 Å². The van der Waals surface area contributed by atoms with Crippen molar-refractivity contribution in [2.24, 2.45) is 0 Å². The predicted octanol–water partition coefficient (Wildman–Crippen LogP) is 3.72. The lowest BCUT2D eigenvalue weighted by Gasteiger charge is -2.16. The number of hydrogen-bond donors (Lipinski definition) is 0. The highest BCUT2D eigenvalue weighted by molar-refractivity contribution is 7.89. The Morgan fingerprint density at radius 2 is 1.64 bits per heavy atom. The molecule has 0 saturated heterocycles. The SMILES string of the molecule is Cc1ccc(S(=O)(=O)N(C)CC/C=C/c2ccccc2)cc1. The number of sulfonamides is 1. The first kappa shape index (κ1) is 16.5. The number of hydrogen-bond acceptors (Lipinski definition) is 2. The Hall–Kier alpha value is -1.91. The molecule has 4 heteroatoms. The molecule has 0 saturated carbocycles. The lowest BCUT2D eigenvalue weighted by atomic mass is 10.2. The molecule has 0 bridgehead atoms. The van der Waals surface area contributed by atoms with Gasteiger partial charge in [0.25, 0.3) is 0 Å². The third kappa shape index (κ3) is 4.29. The normalized spacial score (nSPS) is 12.1. The lowest BCUT2D eigenvalue weighted by molar-refractivity contribution is 0.475. The first-order valence-corrected chi connectivity index (χ1v) is 8.69. The van der Waals surface area contributed by atoms with E-state index in [4.69, 9.17) is 0 Å². The maximum atomic E-state index is 12.4. The van der Waals surface area contributed by atoms with E-state index in [-0.39, 0.29) is 0 Å². The monoisotopic (exact) mass is 315 g/mol. The van der Waals surface area contributed by atoms with Gasteiger partial charge in [0.15, 0.2) is 0 Å². The third-order valence-electron chi connectivity index (χ3n) is 3.45. The summed E-state index contributed by atoms with van der Waals surface area (Å²) < 4.78 is 26.2. The van der Waals surface area contributed by atoms with Crippen molar-refractivity contribution in [2.75, 3.05) is 13.6 Å². The molecule has 22 heavy (non-hydrogen) atoms. The summed E-state index contributed by atoms with van der Waals surface area (Å²) in [7, 11) is -1.78. The van der Waals surface area contributed by atoms with Crippen LogP contribution in [0.3, 0.4) is 0 Å². The molecule has 0 atom stereocenters. The molecular weight excluding hydrogens is 294 g/mol. The molecule has 2 rings (SSSR count). The van der Waals surface area contributed by atoms with E-state index in [0.29, 0.717) is 17.9 Å². The van der Waals surface area contributed by atoms with E-state index >= 15 is 0 Å². The van der Waals surface area contributed by atoms with Gasteiger partial charge in [-0.15, -0.1) is 0 Å². The molecule has 2 aromatic carbocycles. The zero-order valence-corrected chi connectivity index (χ0v) is 13.8. The van der Waals surface area contributed by atoms with Crippen molar-refractivity contribution in [1.82, 2.24) is 4.31 Å². The van der Waals surface area contributed by atoms with Crippen LogP contribution in [0.5, 0.6) is 0 Å². The van der Waals surface area contributed by atoms with Crippen molar-refractivity contribution in [2.45, 2.75) is 18.2 Å². The predicted molar refractivity (Wildman–Crippen MR) is 91.1 cm³/mol. The van der Waals surface area contributed by atoms with Gasteiger partial charge in [-0.1, -0.05) is 60.2 Å². The van der Waals surface area contributed by atoms with Gasteiger partial charge in [-0.05, 0) is 31.0 Å². The summed E-state index contributed by atoms with van der Waals surface area (Å²) in [5.41, 5.74) is 2.17. The van der Waals surface area contributed by atoms with E-state index in [1.165, 1.54) is 4.31 Å². The summed E-state index contributed by atoms with van der Waals surface area (Å²) in [5.74, 6) is 0. The second kappa shape index (κ2) is 7.38. The quantitative estimate of drug-likeness (QED) is 0.815. The van der Waals surface area contributed by atoms with Gasteiger partial charge < -0.3 is 0 Å². The number of benzene rings is 2. The molecule has 0 aromatic heterocycles. The van der Waals surface area contributed by atoms with E-state index in [9.17, 15) is 8.42 Å². The van der Waals surface area contributed by atoms with Gasteiger partial charge in [-0.2, -0.15) is 0 Å². The Morgan fingerprint density at radius 3 is 2.27 bits per heavy atom. The smallest absolute Gasteiger partial charge is 0.207 e. The van der Waals surface area contributed by atoms with E-state index in [1.54, 1.807) is 19.2 Å². The summed E-state index contributed by atoms with van der Waals surface area (Å²) in [4.78, 5) is 0.340. The molecular formula is C18H21NO2S. The maximum Gasteiger partial charge on any atom is 0.242 e. The highest BCUT2D eigenvalue weighted by Gasteiger charge is 2.19. The first-order valence-electron chi connectivity index (χ1n) is 7.25. The van der Waals surface area contributed by atoms with Crippen molar-refractivity contribution >= 4 is 16.1 Å². The van der Waals surface area contributed by atoms with E-state index in [2.05, 4.69) is 0 Å². The minimum atomic E-state index is -3.40. The van der Waals surface area contributed by atoms with Crippen LogP contribution in [0.25, 0.3) is 6.08 Å². The molecule has 2 aromatic rings. The molecule has 0 aliphatic rings. The van der Waals surface area contributed by atoms with E-state index in [1.807, 2.05) is 61.5 Å². The Kier molecular flexibility index (Phi) is 5.52. The molecule has 116 valence electrons. The minimum absolute atomic E-state index is 0.340. The molecule has 0 aliphatic carbocycles. The van der Waals surface area contributed by atoms with Crippen molar-refractivity contribution in [1.29, 1.82) is 0 Å². The zero-order chi connectivity index (χ0) is 16.0. The Labute approximate surface area is 133 Å². The summed E-state index contributed by atoms with van der Waals surface area (Å²) in [6, 6.07) is 16.9. The van der Waals surface area contributed by atoms with Crippen LogP contribution in [0.1, 0.15) is 17.5 Å². The van der Waals surface area contributed by atoms with E-state index in [0.717, 1.165) is 11.1 Å². The standard InChI is InChI=1S/C18H21NO2S/c1-16-11-13-18(14-12-16)22(20,21)19(2)15-7-6-10-17-8-4-3-5-9-17/h3-6,8-14H,7,15H2,1-2H3/b10-6+. The summed E-state index contributed by atoms with van der Waals surface area (Å²) >= 11 is 0. The Balaban J connectivity index is 1.95. The molecule has 0 unspecified atom stereocenters. The van der Waals surface area contributed by atoms with Gasteiger partial charge in [0, 0.05) is 13.6 Å². The summed E-state index contributed by atoms with van der Waals surface area (Å²) in [6.45, 7) is 2.40. The molecule has 0 fully saturated rings. The second-order valence-electron chi connectivity index (χ2n) is 5.24. The number of nitrogens with zero attached hydrogens (tertiary/aromatic N) is 1. The molecule has 0 N–H and O–H groups in total. The van der Waals surface area contributed by atoms with Gasteiger partial charge in [-0.25, -0.2) is 12.7 Å². The van der Waals surface area contributed by atoms with Gasteiger partial charge in [0.1, 0.15) is 0 Å². The second-order valence-corrected chi connectivity index (χ2v) is 7.29. The van der Waals surface area contributed by atoms with Crippen LogP contribution in [0.2, 0.25) is 0 Å². The van der Waals surface area contributed by atoms with Crippen molar-refractivity contribution < 1.29 is 8.42 Å². The van der Waals surface area contributed by atoms with Crippen LogP contribution < -0.4 is 0 Å². The molecule has 0 radical (unpaired) electrons. The van der Waals surface area contributed by atoms with Crippen LogP contribution in [0.4, 0.5) is 0 Å². The summed E-state index contributed by atoms with van der Waals surface area (Å²) in [5, 5.41) is 0. The first-order chi connectivity index (χ1) is 10.5. The van der Waals surface area contributed by atoms with Crippen molar-refractivity contribution in [3.63, 3.8) is 0 Å². The highest BCUT2D eigenvalue weighted by Crippen LogP contribution is 2.15. The van der Waals surface area contributed by atoms with Crippen molar-refractivity contribution in [3.05, 3.63) is 71.8 Å². The Morgan fingerprint density at radius 1 is 1.00 bits per heavy atom. The average Bonchev–Trinajstić information content (AvgIpc) is 2.52. The maximum absolute atomic E-state index is 12.4. The minimum Gasteiger partial charge on any atom is -0.207 e. The molecule has 0 amide bonds. The summed E-state index contributed by atoms with van der Waals surface area (Å²) in [6.07, 6.45) is 4.68. The lowest BCUT2D eigenvalue weighted by Crippen LogP contribution is -2.27. The zero-order valence-electron chi connectivity index (χ0n) is 12.9. The van der Waals surface area contributed by atoms with Crippen LogP contribution in [0.15, 0.2) is 65.6 Å². The fourth-order valence-corrected chi connectivity index (χ4v) is 3.24. The van der Waals surface area contributed by atoms with Crippen LogP contribution >= 0.6 is 0 Å². The number of rotatable bonds is 6. The molecule has 3 nitrogen and oxygen atoms in total. The fraction of sp³-hybridized carbons (Fsp3) is 0.222. The number of aryl methyl sites for hydroxylation is 1. The average molecular weight is 315 g/mol. The highest BCUT2D eigenvalue weighted by atomic mass is 32.2. The van der Waals surface area contributed by atoms with Crippen LogP contribution in [0, 0.1) is 6.92 Å². The fourth-order valence-electron chi connectivity index (χ4n) is 2.05. The van der Waals surface area contributed by atoms with Gasteiger partial charge in [-0.3, -0.25) is 0 Å². The molecule has 0 heterocycles. The van der Waals surface area contributed by atoms with Crippen molar-refractivity contribution in [3.8, 4) is 0 Å². The topological polar surface area (TPSA) is 37.4 Å². The van der Waals surface area contributed by atoms with Crippen LogP contribution in [-0.4, -0.2) is 26.3 Å². The molecule has 0 spiro atoms. The van der Waals surface area contributed by atoms with Gasteiger partial charge >= 0.3 is 0 Å². The van der Waals surface area contributed by atoms with E-state index < -0.39 is 10.0 Å².